The highest BCUT2D eigenvalue weighted by molar-refractivity contribution is 9.10. The number of nitriles is 1. The van der Waals surface area contributed by atoms with Crippen molar-refractivity contribution in [3.63, 3.8) is 0 Å². The van der Waals surface area contributed by atoms with E-state index < -0.39 is 10.7 Å². The second-order valence-corrected chi connectivity index (χ2v) is 5.03. The molecule has 2 rings (SSSR count). The first kappa shape index (κ1) is 14.9. The fourth-order valence-corrected chi connectivity index (χ4v) is 2.22. The second-order valence-electron chi connectivity index (χ2n) is 4.12. The Hall–Kier alpha value is -2.46. The molecule has 0 saturated heterocycles. The summed E-state index contributed by atoms with van der Waals surface area (Å²) >= 11 is 3.16. The quantitative estimate of drug-likeness (QED) is 0.617. The van der Waals surface area contributed by atoms with Crippen LogP contribution in [0.2, 0.25) is 0 Å². The fourth-order valence-electron chi connectivity index (χ4n) is 1.71. The van der Waals surface area contributed by atoms with Gasteiger partial charge in [0.05, 0.1) is 16.6 Å². The first-order chi connectivity index (χ1) is 9.99. The van der Waals surface area contributed by atoms with Gasteiger partial charge in [-0.3, -0.25) is 10.1 Å². The van der Waals surface area contributed by atoms with Gasteiger partial charge in [-0.1, -0.05) is 15.9 Å². The van der Waals surface area contributed by atoms with Gasteiger partial charge >= 0.3 is 5.69 Å². The van der Waals surface area contributed by atoms with Gasteiger partial charge in [-0.25, -0.2) is 4.39 Å². The summed E-state index contributed by atoms with van der Waals surface area (Å²) in [5, 5.41) is 19.7. The highest BCUT2D eigenvalue weighted by atomic mass is 79.9. The molecule has 0 spiro atoms. The summed E-state index contributed by atoms with van der Waals surface area (Å²) in [7, 11) is 0. The Balaban J connectivity index is 2.23. The Morgan fingerprint density at radius 1 is 1.33 bits per heavy atom. The summed E-state index contributed by atoms with van der Waals surface area (Å²) in [6.45, 7) is -0.0247. The molecule has 0 aromatic heterocycles. The van der Waals surface area contributed by atoms with Gasteiger partial charge in [-0.05, 0) is 35.9 Å². The average Bonchev–Trinajstić information content (AvgIpc) is 2.43. The minimum atomic E-state index is -0.627. The number of halogens is 2. The van der Waals surface area contributed by atoms with Crippen LogP contribution in [-0.2, 0) is 6.61 Å². The normalized spacial score (nSPS) is 9.95. The molecule has 21 heavy (non-hydrogen) atoms. The van der Waals surface area contributed by atoms with Crippen LogP contribution in [0.25, 0.3) is 0 Å². The largest absolute Gasteiger partial charge is 0.482 e. The lowest BCUT2D eigenvalue weighted by Gasteiger charge is -2.07. The van der Waals surface area contributed by atoms with Crippen molar-refractivity contribution in [2.75, 3.05) is 0 Å². The number of hydrogen-bond donors (Lipinski definition) is 0. The van der Waals surface area contributed by atoms with Crippen LogP contribution in [0, 0.1) is 27.3 Å². The number of benzene rings is 2. The maximum absolute atomic E-state index is 13.2. The molecule has 0 atom stereocenters. The van der Waals surface area contributed by atoms with Crippen molar-refractivity contribution in [1.82, 2.24) is 0 Å². The number of ether oxygens (including phenoxy) is 1. The van der Waals surface area contributed by atoms with E-state index in [-0.39, 0.29) is 23.6 Å². The third-order valence-corrected chi connectivity index (χ3v) is 3.06. The summed E-state index contributed by atoms with van der Waals surface area (Å²) in [6.07, 6.45) is 0. The molecule has 7 heteroatoms. The molecular formula is C14H8BrFN2O3. The fraction of sp³-hybridized carbons (Fsp3) is 0.0714. The smallest absolute Gasteiger partial charge is 0.312 e. The Bertz CT molecular complexity index is 723. The second kappa shape index (κ2) is 6.33. The molecule has 0 amide bonds. The van der Waals surface area contributed by atoms with Gasteiger partial charge in [0.15, 0.2) is 5.75 Å². The zero-order valence-corrected chi connectivity index (χ0v) is 12.1. The van der Waals surface area contributed by atoms with E-state index in [1.807, 2.05) is 6.07 Å². The third kappa shape index (κ3) is 3.77. The topological polar surface area (TPSA) is 76.2 Å². The first-order valence-corrected chi connectivity index (χ1v) is 6.55. The van der Waals surface area contributed by atoms with E-state index in [9.17, 15) is 14.5 Å². The van der Waals surface area contributed by atoms with Gasteiger partial charge < -0.3 is 4.74 Å². The molecule has 0 heterocycles. The molecule has 0 radical (unpaired) electrons. The SMILES string of the molecule is N#Cc1ccc(OCc2cc(F)cc(Br)c2)c([N+](=O)[O-])c1. The van der Waals surface area contributed by atoms with Gasteiger partial charge in [0, 0.05) is 10.5 Å². The van der Waals surface area contributed by atoms with E-state index >= 15 is 0 Å². The van der Waals surface area contributed by atoms with Crippen LogP contribution in [0.4, 0.5) is 10.1 Å². The maximum atomic E-state index is 13.2. The van der Waals surface area contributed by atoms with E-state index in [4.69, 9.17) is 10.00 Å². The van der Waals surface area contributed by atoms with Crippen molar-refractivity contribution in [2.45, 2.75) is 6.61 Å². The number of rotatable bonds is 4. The van der Waals surface area contributed by atoms with Gasteiger partial charge in [0.25, 0.3) is 0 Å². The van der Waals surface area contributed by atoms with Gasteiger partial charge in [0.1, 0.15) is 12.4 Å². The summed E-state index contributed by atoms with van der Waals surface area (Å²) in [4.78, 5) is 10.3. The lowest BCUT2D eigenvalue weighted by atomic mass is 10.2. The van der Waals surface area contributed by atoms with Crippen molar-refractivity contribution >= 4 is 21.6 Å². The van der Waals surface area contributed by atoms with E-state index in [1.54, 1.807) is 6.07 Å². The predicted octanol–water partition coefficient (Wildman–Crippen LogP) is 3.95. The Morgan fingerprint density at radius 3 is 2.71 bits per heavy atom. The van der Waals surface area contributed by atoms with E-state index in [2.05, 4.69) is 15.9 Å². The molecule has 0 bridgehead atoms. The molecule has 0 aliphatic heterocycles. The Kier molecular flexibility index (Phi) is 4.50. The molecule has 106 valence electrons. The zero-order valence-electron chi connectivity index (χ0n) is 10.5. The van der Waals surface area contributed by atoms with Crippen molar-refractivity contribution in [3.05, 3.63) is 67.9 Å². The zero-order chi connectivity index (χ0) is 15.4. The molecule has 0 aliphatic carbocycles. The minimum Gasteiger partial charge on any atom is -0.482 e. The number of nitro benzene ring substituents is 1. The standard InChI is InChI=1S/C14H8BrFN2O3/c15-11-3-10(4-12(16)6-11)8-21-14-2-1-9(7-17)5-13(14)18(19)20/h1-6H,8H2. The molecule has 0 fully saturated rings. The Labute approximate surface area is 127 Å². The maximum Gasteiger partial charge on any atom is 0.312 e. The number of hydrogen-bond acceptors (Lipinski definition) is 4. The number of nitrogens with zero attached hydrogens (tertiary/aromatic N) is 2. The summed E-state index contributed by atoms with van der Waals surface area (Å²) in [5.41, 5.74) is 0.396. The van der Waals surface area contributed by atoms with Crippen molar-refractivity contribution in [2.24, 2.45) is 0 Å². The predicted molar refractivity (Wildman–Crippen MR) is 76.2 cm³/mol. The number of nitro groups is 1. The molecule has 2 aromatic rings. The summed E-state index contributed by atoms with van der Waals surface area (Å²) in [6, 6.07) is 9.96. The van der Waals surface area contributed by atoms with Crippen molar-refractivity contribution in [1.29, 1.82) is 5.26 Å². The van der Waals surface area contributed by atoms with Crippen LogP contribution >= 0.6 is 15.9 Å². The van der Waals surface area contributed by atoms with Gasteiger partial charge in [-0.15, -0.1) is 0 Å². The molecule has 0 aliphatic rings. The van der Waals surface area contributed by atoms with Crippen LogP contribution in [0.3, 0.4) is 0 Å². The van der Waals surface area contributed by atoms with E-state index in [0.717, 1.165) is 6.07 Å². The highest BCUT2D eigenvalue weighted by Gasteiger charge is 2.16. The third-order valence-electron chi connectivity index (χ3n) is 2.60. The van der Waals surface area contributed by atoms with Crippen LogP contribution in [-0.4, -0.2) is 4.92 Å². The van der Waals surface area contributed by atoms with E-state index in [1.165, 1.54) is 24.3 Å². The average molecular weight is 351 g/mol. The van der Waals surface area contributed by atoms with Gasteiger partial charge in [-0.2, -0.15) is 5.26 Å². The van der Waals surface area contributed by atoms with Crippen molar-refractivity contribution in [3.8, 4) is 11.8 Å². The molecular weight excluding hydrogens is 343 g/mol. The van der Waals surface area contributed by atoms with Crippen LogP contribution < -0.4 is 4.74 Å². The first-order valence-electron chi connectivity index (χ1n) is 5.76. The molecule has 0 saturated carbocycles. The summed E-state index contributed by atoms with van der Waals surface area (Å²) < 4.78 is 19.1. The molecule has 0 N–H and O–H groups in total. The van der Waals surface area contributed by atoms with Gasteiger partial charge in [0.2, 0.25) is 0 Å². The molecule has 0 unspecified atom stereocenters. The summed E-state index contributed by atoms with van der Waals surface area (Å²) in [5.74, 6) is -0.406. The Morgan fingerprint density at radius 2 is 2.10 bits per heavy atom. The highest BCUT2D eigenvalue weighted by Crippen LogP contribution is 2.28. The lowest BCUT2D eigenvalue weighted by Crippen LogP contribution is -2.00. The molecule has 5 nitrogen and oxygen atoms in total. The van der Waals surface area contributed by atoms with Crippen LogP contribution in [0.5, 0.6) is 5.75 Å². The monoisotopic (exact) mass is 350 g/mol. The van der Waals surface area contributed by atoms with Crippen LogP contribution in [0.1, 0.15) is 11.1 Å². The lowest BCUT2D eigenvalue weighted by molar-refractivity contribution is -0.386. The molecule has 2 aromatic carbocycles. The van der Waals surface area contributed by atoms with Crippen molar-refractivity contribution < 1.29 is 14.1 Å². The van der Waals surface area contributed by atoms with E-state index in [0.29, 0.717) is 10.0 Å². The minimum absolute atomic E-state index is 0.0247. The van der Waals surface area contributed by atoms with Crippen LogP contribution in [0.15, 0.2) is 40.9 Å².